The van der Waals surface area contributed by atoms with Crippen LogP contribution in [-0.2, 0) is 15.9 Å². The fraction of sp³-hybridized carbons (Fsp3) is 0.371. The molecule has 6 aliphatic rings. The minimum atomic E-state index is -0.534. The summed E-state index contributed by atoms with van der Waals surface area (Å²) >= 11 is 0. The van der Waals surface area contributed by atoms with Gasteiger partial charge in [0.1, 0.15) is 17.2 Å². The lowest BCUT2D eigenvalue weighted by molar-refractivity contribution is 0.0239. The summed E-state index contributed by atoms with van der Waals surface area (Å²) in [6, 6.07) is 56.8. The Morgan fingerprint density at radius 1 is 0.410 bits per heavy atom. The molecule has 122 heavy (non-hydrogen) atoms. The van der Waals surface area contributed by atoms with Crippen molar-refractivity contribution in [3.8, 4) is 18.2 Å². The van der Waals surface area contributed by atoms with E-state index in [4.69, 9.17) is 25.3 Å². The lowest BCUT2D eigenvalue weighted by atomic mass is 9.89. The number of aromatic nitrogens is 3. The molecule has 6 saturated heterocycles. The zero-order valence-electron chi connectivity index (χ0n) is 70.4. The number of amides is 7. The maximum Gasteiger partial charge on any atom is 0.410 e. The van der Waals surface area contributed by atoms with Gasteiger partial charge in [-0.2, -0.15) is 15.8 Å². The number of carbonyl (C=O) groups excluding carboxylic acids is 7. The zero-order chi connectivity index (χ0) is 85.8. The Morgan fingerprint density at radius 3 is 1.17 bits per heavy atom. The van der Waals surface area contributed by atoms with E-state index in [1.165, 1.54) is 29.5 Å². The lowest BCUT2D eigenvalue weighted by Crippen LogP contribution is -2.50. The zero-order valence-corrected chi connectivity index (χ0v) is 70.4. The van der Waals surface area contributed by atoms with Crippen LogP contribution in [0.2, 0.25) is 0 Å². The molecule has 6 aromatic carbocycles. The summed E-state index contributed by atoms with van der Waals surface area (Å²) in [6.45, 7) is 23.7. The Labute approximate surface area is 714 Å². The first-order valence-corrected chi connectivity index (χ1v) is 42.3. The number of morpholine rings is 1. The van der Waals surface area contributed by atoms with Gasteiger partial charge in [-0.25, -0.2) is 14.8 Å². The van der Waals surface area contributed by atoms with Crippen molar-refractivity contribution in [2.45, 2.75) is 123 Å². The monoisotopic (exact) mass is 1640 g/mol. The highest BCUT2D eigenvalue weighted by Gasteiger charge is 2.32. The summed E-state index contributed by atoms with van der Waals surface area (Å²) in [5.74, 6) is 1.73. The minimum absolute atomic E-state index is 0.0206. The topological polar surface area (TPSA) is 307 Å². The van der Waals surface area contributed by atoms with Crippen LogP contribution in [0, 0.1) is 54.8 Å². The van der Waals surface area contributed by atoms with Gasteiger partial charge in [0, 0.05) is 155 Å². The van der Waals surface area contributed by atoms with Crippen LogP contribution in [0.15, 0.2) is 182 Å². The molecule has 3 N–H and O–H groups in total. The molecule has 9 aromatic rings. The Balaban J connectivity index is 0.000000158. The molecule has 7 amide bonds. The highest BCUT2D eigenvalue weighted by molar-refractivity contribution is 6.08. The van der Waals surface area contributed by atoms with Crippen LogP contribution in [0.25, 0.3) is 0 Å². The Morgan fingerprint density at radius 2 is 0.795 bits per heavy atom. The number of hydrogen-bond donors (Lipinski definition) is 3. The van der Waals surface area contributed by atoms with Crippen molar-refractivity contribution in [1.82, 2.24) is 39.5 Å². The number of carbonyl (C=O) groups is 7. The number of benzene rings is 6. The van der Waals surface area contributed by atoms with Gasteiger partial charge >= 0.3 is 6.09 Å². The SMILES string of the molecule is Cc1ccc(C(=O)N2CCC(c3ccc(C#N)cc3)CC2)cc1NC(=O)c1ccc(CCN2CCCC2)nc1.Cc1ccc(C(=O)N2CCC(c3ccc(C#N)cc3)CC2)cc1NC(=O)c1ccc(N2CCN(C(=O)OC(C)(C)C)CC2)nc1.Cc1ccc(C(=O)N2CCC(c3ccc(C#N)cc3)CC2)cc1NC(=O)c1ccnc(N2CCOCC2)c1. The maximum absolute atomic E-state index is 13.4. The van der Waals surface area contributed by atoms with Crippen LogP contribution in [0.1, 0.15) is 208 Å². The number of nitrogens with one attached hydrogen (secondary N) is 3. The molecule has 0 saturated carbocycles. The standard InChI is InChI=1S/C35H40N6O4.C32H35N5O2.C30H31N5O3/c1-24-5-8-28(33(43)40-15-13-27(14-16-40)26-9-6-25(22-36)7-10-26)21-30(24)38-32(42)29-11-12-31(37-23-29)39-17-19-41(20-18-39)34(44)45-35(2,3)4;1-23-4-7-27(32(39)37-18-12-26(13-19-37)25-8-5-24(21-33)6-9-25)20-30(23)35-31(38)28-10-11-29(34-22-28)14-17-36-15-2-3-16-36;1-21-2-5-26(30(37)35-12-9-24(10-13-35)23-6-3-22(20-31)4-7-23)18-27(21)33-29(36)25-8-11-32-28(19-25)34-14-16-38-17-15-34/h5-12,21,23,27H,13-20H2,1-4H3,(H,38,42);4-11,20,22,26H,2-3,12-19H2,1H3,(H,35,38);2-8,11,18-19,24H,9-10,12-17H2,1H3,(H,33,36). The van der Waals surface area contributed by atoms with Crippen molar-refractivity contribution in [1.29, 1.82) is 15.8 Å². The highest BCUT2D eigenvalue weighted by atomic mass is 16.6. The van der Waals surface area contributed by atoms with Gasteiger partial charge in [0.2, 0.25) is 0 Å². The highest BCUT2D eigenvalue weighted by Crippen LogP contribution is 2.34. The first-order chi connectivity index (χ1) is 59.0. The molecule has 0 radical (unpaired) electrons. The molecule has 0 unspecified atom stereocenters. The number of hydrogen-bond acceptors (Lipinski definition) is 18. The molecule has 9 heterocycles. The largest absolute Gasteiger partial charge is 0.444 e. The second kappa shape index (κ2) is 40.7. The van der Waals surface area contributed by atoms with E-state index in [0.29, 0.717) is 164 Å². The number of anilines is 5. The van der Waals surface area contributed by atoms with E-state index in [9.17, 15) is 33.6 Å². The first kappa shape index (κ1) is 86.7. The summed E-state index contributed by atoms with van der Waals surface area (Å²) < 4.78 is 10.9. The van der Waals surface area contributed by atoms with E-state index in [1.807, 2.05) is 178 Å². The van der Waals surface area contributed by atoms with Gasteiger partial charge in [0.05, 0.1) is 59.2 Å². The molecule has 0 atom stereocenters. The third kappa shape index (κ3) is 22.9. The van der Waals surface area contributed by atoms with Gasteiger partial charge in [-0.3, -0.25) is 33.8 Å². The third-order valence-electron chi connectivity index (χ3n) is 23.7. The molecule has 0 spiro atoms. The van der Waals surface area contributed by atoms with Gasteiger partial charge in [0.15, 0.2) is 0 Å². The smallest absolute Gasteiger partial charge is 0.410 e. The first-order valence-electron chi connectivity index (χ1n) is 42.3. The van der Waals surface area contributed by atoms with Gasteiger partial charge < -0.3 is 59.7 Å². The molecular formula is C97H106N16O9. The van der Waals surface area contributed by atoms with E-state index in [0.717, 1.165) is 112 Å². The normalized spacial score (nSPS) is 16.0. The average molecular weight is 1640 g/mol. The molecule has 0 aliphatic carbocycles. The van der Waals surface area contributed by atoms with E-state index < -0.39 is 5.60 Å². The number of piperazine rings is 1. The number of piperidine rings is 3. The molecule has 6 aliphatic heterocycles. The average Bonchev–Trinajstić information content (AvgIpc) is 1.21. The van der Waals surface area contributed by atoms with Crippen LogP contribution in [0.3, 0.4) is 0 Å². The predicted octanol–water partition coefficient (Wildman–Crippen LogP) is 15.1. The summed E-state index contributed by atoms with van der Waals surface area (Å²) in [6.07, 6.45) is 13.2. The third-order valence-corrected chi connectivity index (χ3v) is 23.7. The van der Waals surface area contributed by atoms with Crippen molar-refractivity contribution in [3.63, 3.8) is 0 Å². The molecule has 6 fully saturated rings. The van der Waals surface area contributed by atoms with Gasteiger partial charge in [-0.15, -0.1) is 0 Å². The summed E-state index contributed by atoms with van der Waals surface area (Å²) in [5, 5.41) is 36.0. The van der Waals surface area contributed by atoms with Gasteiger partial charge in [-0.1, -0.05) is 54.6 Å². The number of nitrogens with zero attached hydrogens (tertiary/aromatic N) is 13. The fourth-order valence-corrected chi connectivity index (χ4v) is 16.2. The van der Waals surface area contributed by atoms with Crippen LogP contribution in [-0.4, -0.2) is 198 Å². The van der Waals surface area contributed by atoms with E-state index in [1.54, 1.807) is 66.0 Å². The predicted molar refractivity (Wildman–Crippen MR) is 470 cm³/mol. The molecule has 25 heteroatoms. The molecular weight excluding hydrogens is 1530 g/mol. The maximum atomic E-state index is 13.4. The summed E-state index contributed by atoms with van der Waals surface area (Å²) in [4.78, 5) is 119. The number of likely N-dealkylation sites (tertiary alicyclic amines) is 4. The van der Waals surface area contributed by atoms with Crippen LogP contribution in [0.4, 0.5) is 33.5 Å². The van der Waals surface area contributed by atoms with E-state index >= 15 is 0 Å². The Kier molecular flexibility index (Phi) is 28.9. The molecule has 25 nitrogen and oxygen atoms in total. The van der Waals surface area contributed by atoms with Crippen molar-refractivity contribution in [2.75, 3.05) is 137 Å². The van der Waals surface area contributed by atoms with E-state index in [2.05, 4.69) is 63.8 Å². The van der Waals surface area contributed by atoms with Crippen LogP contribution >= 0.6 is 0 Å². The van der Waals surface area contributed by atoms with Gasteiger partial charge in [0.25, 0.3) is 35.4 Å². The number of ether oxygens (including phenoxy) is 2. The molecule has 3 aromatic heterocycles. The second-order valence-electron chi connectivity index (χ2n) is 33.1. The molecule has 15 rings (SSSR count). The quantitative estimate of drug-likeness (QED) is 0.0763. The van der Waals surface area contributed by atoms with Crippen LogP contribution in [0.5, 0.6) is 0 Å². The fourth-order valence-electron chi connectivity index (χ4n) is 16.2. The van der Waals surface area contributed by atoms with E-state index in [-0.39, 0.29) is 41.5 Å². The Hall–Kier alpha value is -13.2. The van der Waals surface area contributed by atoms with Crippen molar-refractivity contribution < 1.29 is 43.0 Å². The van der Waals surface area contributed by atoms with Crippen molar-refractivity contribution >= 4 is 70.2 Å². The van der Waals surface area contributed by atoms with Crippen molar-refractivity contribution in [2.24, 2.45) is 0 Å². The Bertz CT molecular complexity index is 5320. The van der Waals surface area contributed by atoms with Gasteiger partial charge in [-0.05, 0) is 266 Å². The van der Waals surface area contributed by atoms with Crippen LogP contribution < -0.4 is 25.8 Å². The second-order valence-corrected chi connectivity index (χ2v) is 33.1. The number of nitriles is 3. The summed E-state index contributed by atoms with van der Waals surface area (Å²) in [5.41, 5.74) is 13.6. The lowest BCUT2D eigenvalue weighted by Gasteiger charge is -2.36. The minimum Gasteiger partial charge on any atom is -0.444 e. The molecule has 628 valence electrons. The number of aryl methyl sites for hydroxylation is 3. The van der Waals surface area contributed by atoms with Crippen molar-refractivity contribution in [3.05, 3.63) is 272 Å². The number of rotatable bonds is 17. The molecule has 0 bridgehead atoms. The number of pyridine rings is 3. The summed E-state index contributed by atoms with van der Waals surface area (Å²) in [7, 11) is 0.